The fraction of sp³-hybridized carbons (Fsp3) is 0.438. The number of alkyl halides is 4. The van der Waals surface area contributed by atoms with Crippen molar-refractivity contribution in [1.82, 2.24) is 9.55 Å². The summed E-state index contributed by atoms with van der Waals surface area (Å²) in [5.41, 5.74) is 1.35. The number of nitrogens with zero attached hydrogens (tertiary/aromatic N) is 2. The number of benzene rings is 1. The van der Waals surface area contributed by atoms with Gasteiger partial charge in [-0.2, -0.15) is 0 Å². The second-order valence-corrected chi connectivity index (χ2v) is 6.35. The maximum atomic E-state index is 13.1. The van der Waals surface area contributed by atoms with E-state index in [1.165, 1.54) is 19.2 Å². The lowest BCUT2D eigenvalue weighted by Crippen LogP contribution is -2.21. The first kappa shape index (κ1) is 19.0. The molecule has 0 N–H and O–H groups in total. The summed E-state index contributed by atoms with van der Waals surface area (Å²) in [4.78, 5) is 4.44. The monoisotopic (exact) mass is 438 g/mol. The molecule has 1 aliphatic rings. The van der Waals surface area contributed by atoms with Gasteiger partial charge in [0.15, 0.2) is 11.5 Å². The van der Waals surface area contributed by atoms with Crippen molar-refractivity contribution in [2.24, 2.45) is 0 Å². The van der Waals surface area contributed by atoms with Crippen LogP contribution in [0.5, 0.6) is 11.5 Å². The summed E-state index contributed by atoms with van der Waals surface area (Å²) in [5.74, 6) is -0.0525. The maximum absolute atomic E-state index is 13.1. The Kier molecular flexibility index (Phi) is 5.42. The van der Waals surface area contributed by atoms with Gasteiger partial charge in [0, 0.05) is 12.0 Å². The van der Waals surface area contributed by atoms with Gasteiger partial charge in [-0.1, -0.05) is 0 Å². The highest BCUT2D eigenvalue weighted by Crippen LogP contribution is 2.37. The third-order valence-corrected chi connectivity index (χ3v) is 4.56. The second-order valence-electron chi connectivity index (χ2n) is 5.59. The number of hydrogen-bond donors (Lipinski definition) is 0. The first-order valence-electron chi connectivity index (χ1n) is 7.69. The molecule has 0 unspecified atom stereocenters. The van der Waals surface area contributed by atoms with Gasteiger partial charge in [-0.05, 0) is 34.1 Å². The van der Waals surface area contributed by atoms with Crippen LogP contribution in [-0.2, 0) is 17.7 Å². The number of aromatic nitrogens is 2. The van der Waals surface area contributed by atoms with Crippen molar-refractivity contribution in [1.29, 1.82) is 0 Å². The average Bonchev–Trinajstić information content (AvgIpc) is 2.77. The van der Waals surface area contributed by atoms with Crippen LogP contribution < -0.4 is 9.47 Å². The lowest BCUT2D eigenvalue weighted by molar-refractivity contribution is -0.275. The molecule has 0 aliphatic carbocycles. The first-order chi connectivity index (χ1) is 12.3. The maximum Gasteiger partial charge on any atom is 0.573 e. The van der Waals surface area contributed by atoms with E-state index in [2.05, 4.69) is 25.7 Å². The van der Waals surface area contributed by atoms with Gasteiger partial charge in [0.2, 0.25) is 0 Å². The molecule has 1 aromatic heterocycles. The van der Waals surface area contributed by atoms with Gasteiger partial charge in [0.25, 0.3) is 0 Å². The van der Waals surface area contributed by atoms with E-state index in [1.54, 1.807) is 4.57 Å². The number of ether oxygens (including phenoxy) is 3. The SMILES string of the molecule is COc1cc(-c2nc(Br)c3n2C[C@@H](CF)OCC3)ccc1OC(F)(F)F. The molecule has 2 aromatic rings. The highest BCUT2D eigenvalue weighted by atomic mass is 79.9. The molecule has 26 heavy (non-hydrogen) atoms. The molecule has 0 fully saturated rings. The topological polar surface area (TPSA) is 45.5 Å². The molecule has 0 saturated heterocycles. The number of imidazole rings is 1. The normalized spacial score (nSPS) is 17.5. The number of rotatable bonds is 4. The molecular formula is C16H15BrF4N2O3. The molecule has 1 aliphatic heterocycles. The van der Waals surface area contributed by atoms with Crippen molar-refractivity contribution in [2.75, 3.05) is 20.4 Å². The van der Waals surface area contributed by atoms with E-state index in [4.69, 9.17) is 9.47 Å². The lowest BCUT2D eigenvalue weighted by Gasteiger charge is -2.16. The van der Waals surface area contributed by atoms with Crippen molar-refractivity contribution >= 4 is 15.9 Å². The van der Waals surface area contributed by atoms with E-state index in [1.807, 2.05) is 0 Å². The largest absolute Gasteiger partial charge is 0.573 e. The smallest absolute Gasteiger partial charge is 0.493 e. The van der Waals surface area contributed by atoms with Crippen LogP contribution in [0.1, 0.15) is 5.69 Å². The summed E-state index contributed by atoms with van der Waals surface area (Å²) < 4.78 is 67.4. The average molecular weight is 439 g/mol. The Morgan fingerprint density at radius 2 is 2.12 bits per heavy atom. The van der Waals surface area contributed by atoms with Crippen LogP contribution in [0.3, 0.4) is 0 Å². The number of halogens is 5. The van der Waals surface area contributed by atoms with Crippen LogP contribution in [0.4, 0.5) is 17.6 Å². The van der Waals surface area contributed by atoms with Gasteiger partial charge in [0.05, 0.1) is 26.0 Å². The summed E-state index contributed by atoms with van der Waals surface area (Å²) in [5, 5.41) is 0. The van der Waals surface area contributed by atoms with Crippen LogP contribution in [0.15, 0.2) is 22.8 Å². The zero-order valence-electron chi connectivity index (χ0n) is 13.6. The predicted molar refractivity (Wildman–Crippen MR) is 88.0 cm³/mol. The van der Waals surface area contributed by atoms with Crippen molar-refractivity contribution in [2.45, 2.75) is 25.4 Å². The van der Waals surface area contributed by atoms with Crippen LogP contribution in [-0.4, -0.2) is 42.4 Å². The van der Waals surface area contributed by atoms with Crippen LogP contribution in [0.25, 0.3) is 11.4 Å². The quantitative estimate of drug-likeness (QED) is 0.673. The van der Waals surface area contributed by atoms with E-state index in [0.29, 0.717) is 29.0 Å². The summed E-state index contributed by atoms with van der Waals surface area (Å²) in [6, 6.07) is 4.01. The van der Waals surface area contributed by atoms with Gasteiger partial charge < -0.3 is 18.8 Å². The van der Waals surface area contributed by atoms with E-state index < -0.39 is 24.9 Å². The van der Waals surface area contributed by atoms with Gasteiger partial charge >= 0.3 is 6.36 Å². The zero-order valence-corrected chi connectivity index (χ0v) is 15.2. The standard InChI is InChI=1S/C16H15BrF4N2O3/c1-24-13-6-9(2-3-12(13)26-16(19,20)21)15-22-14(17)11-4-5-25-10(7-18)8-23(11)15/h2-3,6,10H,4-5,7-8H2,1H3/t10-/m1/s1. The highest BCUT2D eigenvalue weighted by molar-refractivity contribution is 9.10. The molecule has 142 valence electrons. The Hall–Kier alpha value is -1.81. The zero-order chi connectivity index (χ0) is 18.9. The molecule has 2 heterocycles. The Bertz CT molecular complexity index is 795. The van der Waals surface area contributed by atoms with Crippen LogP contribution in [0.2, 0.25) is 0 Å². The summed E-state index contributed by atoms with van der Waals surface area (Å²) in [7, 11) is 1.25. The molecule has 1 aromatic carbocycles. The van der Waals surface area contributed by atoms with E-state index >= 15 is 0 Å². The minimum absolute atomic E-state index is 0.0831. The molecule has 3 rings (SSSR count). The van der Waals surface area contributed by atoms with E-state index in [0.717, 1.165) is 11.8 Å². The third-order valence-electron chi connectivity index (χ3n) is 3.92. The van der Waals surface area contributed by atoms with E-state index in [9.17, 15) is 17.6 Å². The first-order valence-corrected chi connectivity index (χ1v) is 8.48. The van der Waals surface area contributed by atoms with Gasteiger partial charge in [0.1, 0.15) is 23.2 Å². The predicted octanol–water partition coefficient (Wildman–Crippen LogP) is 4.13. The van der Waals surface area contributed by atoms with Gasteiger partial charge in [-0.3, -0.25) is 0 Å². The molecule has 0 saturated carbocycles. The molecule has 0 spiro atoms. The summed E-state index contributed by atoms with van der Waals surface area (Å²) in [6.45, 7) is -0.0285. The fourth-order valence-corrected chi connectivity index (χ4v) is 3.38. The van der Waals surface area contributed by atoms with Crippen molar-refractivity contribution < 1.29 is 31.8 Å². The van der Waals surface area contributed by atoms with E-state index in [-0.39, 0.29) is 12.3 Å². The molecule has 1 atom stereocenters. The van der Waals surface area contributed by atoms with Crippen molar-refractivity contribution in [3.63, 3.8) is 0 Å². The third kappa shape index (κ3) is 3.96. The molecule has 0 bridgehead atoms. The molecular weight excluding hydrogens is 424 g/mol. The number of fused-ring (bicyclic) bond motifs is 1. The van der Waals surface area contributed by atoms with Gasteiger partial charge in [-0.25, -0.2) is 9.37 Å². The second kappa shape index (κ2) is 7.43. The van der Waals surface area contributed by atoms with Crippen LogP contribution >= 0.6 is 15.9 Å². The minimum Gasteiger partial charge on any atom is -0.493 e. The van der Waals surface area contributed by atoms with Gasteiger partial charge in [-0.15, -0.1) is 13.2 Å². The molecule has 0 radical (unpaired) electrons. The van der Waals surface area contributed by atoms with Crippen molar-refractivity contribution in [3.05, 3.63) is 28.5 Å². The minimum atomic E-state index is -4.83. The number of methoxy groups -OCH3 is 1. The fourth-order valence-electron chi connectivity index (χ4n) is 2.80. The number of hydrogen-bond acceptors (Lipinski definition) is 4. The Balaban J connectivity index is 2.02. The molecule has 0 amide bonds. The highest BCUT2D eigenvalue weighted by Gasteiger charge is 2.33. The lowest BCUT2D eigenvalue weighted by atomic mass is 10.2. The summed E-state index contributed by atoms with van der Waals surface area (Å²) >= 11 is 3.38. The van der Waals surface area contributed by atoms with Crippen molar-refractivity contribution in [3.8, 4) is 22.9 Å². The summed E-state index contributed by atoms with van der Waals surface area (Å²) in [6.07, 6.45) is -4.89. The molecule has 10 heteroatoms. The Morgan fingerprint density at radius 1 is 1.35 bits per heavy atom. The Morgan fingerprint density at radius 3 is 2.77 bits per heavy atom. The van der Waals surface area contributed by atoms with Crippen LogP contribution in [0, 0.1) is 0 Å². The molecule has 5 nitrogen and oxygen atoms in total. The Labute approximate surface area is 155 Å².